The highest BCUT2D eigenvalue weighted by molar-refractivity contribution is 5.93. The van der Waals surface area contributed by atoms with Crippen molar-refractivity contribution < 1.29 is 9.18 Å². The molecule has 0 aliphatic heterocycles. The van der Waals surface area contributed by atoms with Crippen molar-refractivity contribution in [3.05, 3.63) is 23.6 Å². The smallest absolute Gasteiger partial charge is 0.157 e. The lowest BCUT2D eigenvalue weighted by atomic mass is 9.74. The van der Waals surface area contributed by atoms with E-state index in [2.05, 4.69) is 5.32 Å². The number of hydrogen-bond donors (Lipinski definition) is 1. The average Bonchev–Trinajstić information content (AvgIpc) is 2.30. The summed E-state index contributed by atoms with van der Waals surface area (Å²) in [5.74, 6) is 0.101. The van der Waals surface area contributed by atoms with Gasteiger partial charge in [-0.25, -0.2) is 4.39 Å². The summed E-state index contributed by atoms with van der Waals surface area (Å²) in [6, 6.07) is 0. The molecular weight excluding hydrogens is 205 g/mol. The molecule has 1 fully saturated rings. The molecule has 3 heteroatoms. The Balaban J connectivity index is 2.33. The van der Waals surface area contributed by atoms with Gasteiger partial charge in [0.15, 0.2) is 5.78 Å². The lowest BCUT2D eigenvalue weighted by Crippen LogP contribution is -2.53. The number of nitrogens with one attached hydrogen (secondary N) is 1. The zero-order chi connectivity index (χ0) is 11.6. The van der Waals surface area contributed by atoms with Gasteiger partial charge in [-0.2, -0.15) is 0 Å². The molecule has 0 spiro atoms. The predicted octanol–water partition coefficient (Wildman–Crippen LogP) is 2.66. The predicted molar refractivity (Wildman–Crippen MR) is 61.8 cm³/mol. The van der Waals surface area contributed by atoms with Crippen LogP contribution in [0.5, 0.6) is 0 Å². The molecule has 0 aromatic heterocycles. The number of rotatable bonds is 2. The van der Waals surface area contributed by atoms with E-state index in [-0.39, 0.29) is 11.6 Å². The molecule has 1 N–H and O–H groups in total. The van der Waals surface area contributed by atoms with Crippen LogP contribution in [0.3, 0.4) is 0 Å². The lowest BCUT2D eigenvalue weighted by molar-refractivity contribution is -0.125. The van der Waals surface area contributed by atoms with Gasteiger partial charge in [-0.1, -0.05) is 12.5 Å². The van der Waals surface area contributed by atoms with Crippen molar-refractivity contribution in [3.8, 4) is 0 Å². The second-order valence-electron chi connectivity index (χ2n) is 4.57. The Morgan fingerprint density at radius 2 is 2.19 bits per heavy atom. The Hall–Kier alpha value is -0.960. The van der Waals surface area contributed by atoms with Gasteiger partial charge in [0.2, 0.25) is 0 Å². The molecule has 1 unspecified atom stereocenters. The first-order valence-corrected chi connectivity index (χ1v) is 5.98. The second-order valence-corrected chi connectivity index (χ2v) is 4.57. The molecular formula is C13H18FNO. The zero-order valence-electron chi connectivity index (χ0n) is 9.68. The molecule has 1 saturated carbocycles. The van der Waals surface area contributed by atoms with Gasteiger partial charge < -0.3 is 5.32 Å². The summed E-state index contributed by atoms with van der Waals surface area (Å²) in [6.07, 6.45) is 8.10. The van der Waals surface area contributed by atoms with E-state index >= 15 is 0 Å². The third-order valence-corrected chi connectivity index (χ3v) is 3.66. The van der Waals surface area contributed by atoms with Crippen molar-refractivity contribution in [2.75, 3.05) is 7.05 Å². The third-order valence-electron chi connectivity index (χ3n) is 3.66. The maximum Gasteiger partial charge on any atom is 0.157 e. The molecule has 0 saturated heterocycles. The van der Waals surface area contributed by atoms with Crippen molar-refractivity contribution in [1.29, 1.82) is 0 Å². The molecule has 0 amide bonds. The minimum Gasteiger partial charge on any atom is -0.304 e. The lowest BCUT2D eigenvalue weighted by Gasteiger charge is -2.37. The minimum absolute atomic E-state index is 0.106. The van der Waals surface area contributed by atoms with Crippen molar-refractivity contribution >= 4 is 5.78 Å². The largest absolute Gasteiger partial charge is 0.304 e. The Labute approximate surface area is 95.6 Å². The summed E-state index contributed by atoms with van der Waals surface area (Å²) in [5.41, 5.74) is 0.221. The zero-order valence-corrected chi connectivity index (χ0v) is 9.68. The van der Waals surface area contributed by atoms with Crippen LogP contribution >= 0.6 is 0 Å². The van der Waals surface area contributed by atoms with Crippen LogP contribution in [0.2, 0.25) is 0 Å². The fraction of sp³-hybridized carbons (Fsp3) is 0.615. The summed E-state index contributed by atoms with van der Waals surface area (Å²) in [5, 5.41) is 3.13. The number of carbonyl (C=O) groups excluding carboxylic acids is 1. The summed E-state index contributed by atoms with van der Waals surface area (Å²) >= 11 is 0. The first-order chi connectivity index (χ1) is 7.69. The monoisotopic (exact) mass is 223 g/mol. The topological polar surface area (TPSA) is 29.1 Å². The Morgan fingerprint density at radius 1 is 1.38 bits per heavy atom. The van der Waals surface area contributed by atoms with Gasteiger partial charge >= 0.3 is 0 Å². The molecule has 0 heterocycles. The standard InChI is InChI=1S/C13H18FNO/c1-15-13(8-3-2-7-12(13)16)10-5-4-6-11(14)9-10/h5,9,15H,2-4,6-8H2,1H3. The van der Waals surface area contributed by atoms with Gasteiger partial charge in [0.25, 0.3) is 0 Å². The van der Waals surface area contributed by atoms with E-state index in [0.29, 0.717) is 19.3 Å². The van der Waals surface area contributed by atoms with Crippen LogP contribution in [-0.2, 0) is 4.79 Å². The van der Waals surface area contributed by atoms with Crippen molar-refractivity contribution in [2.45, 2.75) is 44.1 Å². The van der Waals surface area contributed by atoms with E-state index in [0.717, 1.165) is 24.8 Å². The highest BCUT2D eigenvalue weighted by atomic mass is 19.1. The number of hydrogen-bond acceptors (Lipinski definition) is 2. The highest BCUT2D eigenvalue weighted by Gasteiger charge is 2.41. The molecule has 0 aromatic rings. The first-order valence-electron chi connectivity index (χ1n) is 5.98. The second kappa shape index (κ2) is 4.50. The molecule has 0 bridgehead atoms. The van der Waals surface area contributed by atoms with Gasteiger partial charge in [-0.3, -0.25) is 4.79 Å². The molecule has 2 rings (SSSR count). The minimum atomic E-state index is -0.615. The Kier molecular flexibility index (Phi) is 3.24. The maximum absolute atomic E-state index is 13.3. The number of Topliss-reactive ketones (excluding diaryl/α,β-unsaturated/α-hetero) is 1. The van der Waals surface area contributed by atoms with Crippen LogP contribution in [0.25, 0.3) is 0 Å². The summed E-state index contributed by atoms with van der Waals surface area (Å²) in [4.78, 5) is 12.1. The number of likely N-dealkylation sites (N-methyl/N-ethyl adjacent to an activating group) is 1. The molecule has 0 aromatic carbocycles. The van der Waals surface area contributed by atoms with Crippen molar-refractivity contribution in [2.24, 2.45) is 0 Å². The number of carbonyl (C=O) groups is 1. The van der Waals surface area contributed by atoms with E-state index in [4.69, 9.17) is 0 Å². The van der Waals surface area contributed by atoms with Crippen molar-refractivity contribution in [3.63, 3.8) is 0 Å². The quantitative estimate of drug-likeness (QED) is 0.779. The highest BCUT2D eigenvalue weighted by Crippen LogP contribution is 2.35. The number of ketones is 1. The Bertz CT molecular complexity index is 359. The van der Waals surface area contributed by atoms with Gasteiger partial charge in [0.05, 0.1) is 0 Å². The van der Waals surface area contributed by atoms with E-state index in [9.17, 15) is 9.18 Å². The molecule has 2 aliphatic carbocycles. The fourth-order valence-electron chi connectivity index (χ4n) is 2.71. The molecule has 88 valence electrons. The van der Waals surface area contributed by atoms with Gasteiger partial charge in [-0.15, -0.1) is 0 Å². The van der Waals surface area contributed by atoms with E-state index < -0.39 is 5.54 Å². The molecule has 1 atom stereocenters. The molecule has 2 aliphatic rings. The summed E-state index contributed by atoms with van der Waals surface area (Å²) in [6.45, 7) is 0. The number of halogens is 1. The van der Waals surface area contributed by atoms with Crippen LogP contribution in [-0.4, -0.2) is 18.4 Å². The van der Waals surface area contributed by atoms with Crippen molar-refractivity contribution in [1.82, 2.24) is 5.32 Å². The third kappa shape index (κ3) is 1.84. The van der Waals surface area contributed by atoms with Crippen LogP contribution < -0.4 is 5.32 Å². The molecule has 0 radical (unpaired) electrons. The van der Waals surface area contributed by atoms with Crippen LogP contribution in [0.4, 0.5) is 4.39 Å². The normalized spacial score (nSPS) is 31.0. The van der Waals surface area contributed by atoms with E-state index in [1.54, 1.807) is 13.1 Å². The van der Waals surface area contributed by atoms with Gasteiger partial charge in [0.1, 0.15) is 11.4 Å². The van der Waals surface area contributed by atoms with Crippen LogP contribution in [0.1, 0.15) is 38.5 Å². The average molecular weight is 223 g/mol. The fourth-order valence-corrected chi connectivity index (χ4v) is 2.71. The van der Waals surface area contributed by atoms with Crippen LogP contribution in [0, 0.1) is 0 Å². The first kappa shape index (κ1) is 11.5. The SMILES string of the molecule is CNC1(C2=CCCC(F)=C2)CCCCC1=O. The van der Waals surface area contributed by atoms with Gasteiger partial charge in [0, 0.05) is 12.8 Å². The van der Waals surface area contributed by atoms with E-state index in [1.165, 1.54) is 0 Å². The van der Waals surface area contributed by atoms with Gasteiger partial charge in [-0.05, 0) is 38.0 Å². The van der Waals surface area contributed by atoms with Crippen LogP contribution in [0.15, 0.2) is 23.6 Å². The number of allylic oxidation sites excluding steroid dienone is 2. The summed E-state index contributed by atoms with van der Waals surface area (Å²) in [7, 11) is 1.80. The molecule has 2 nitrogen and oxygen atoms in total. The maximum atomic E-state index is 13.3. The van der Waals surface area contributed by atoms with E-state index in [1.807, 2.05) is 6.08 Å². The summed E-state index contributed by atoms with van der Waals surface area (Å²) < 4.78 is 13.3. The Morgan fingerprint density at radius 3 is 2.81 bits per heavy atom. The molecule has 16 heavy (non-hydrogen) atoms.